The fourth-order valence-corrected chi connectivity index (χ4v) is 5.32. The molecule has 3 aliphatic rings. The van der Waals surface area contributed by atoms with Crippen LogP contribution in [0.3, 0.4) is 0 Å². The molecule has 0 aromatic heterocycles. The van der Waals surface area contributed by atoms with Crippen molar-refractivity contribution in [2.24, 2.45) is 5.92 Å². The summed E-state index contributed by atoms with van der Waals surface area (Å²) in [7, 11) is 0. The highest BCUT2D eigenvalue weighted by Gasteiger charge is 2.56. The highest BCUT2D eigenvalue weighted by molar-refractivity contribution is 6.07. The van der Waals surface area contributed by atoms with E-state index in [0.717, 1.165) is 11.3 Å². The first-order chi connectivity index (χ1) is 15.1. The number of para-hydroxylation sites is 1. The minimum atomic E-state index is -0.464. The number of carbonyl (C=O) groups is 2. The second kappa shape index (κ2) is 8.05. The van der Waals surface area contributed by atoms with E-state index in [-0.39, 0.29) is 47.9 Å². The zero-order valence-electron chi connectivity index (χ0n) is 17.1. The van der Waals surface area contributed by atoms with Crippen LogP contribution in [0.2, 0.25) is 0 Å². The van der Waals surface area contributed by atoms with E-state index < -0.39 is 5.82 Å². The van der Waals surface area contributed by atoms with Crippen molar-refractivity contribution in [3.05, 3.63) is 65.5 Å². The first-order valence-electron chi connectivity index (χ1n) is 10.8. The van der Waals surface area contributed by atoms with Crippen molar-refractivity contribution in [1.29, 1.82) is 0 Å². The molecule has 6 nitrogen and oxygen atoms in total. The van der Waals surface area contributed by atoms with Crippen molar-refractivity contribution in [2.75, 3.05) is 31.3 Å². The van der Waals surface area contributed by atoms with Crippen LogP contribution in [-0.4, -0.2) is 60.3 Å². The molecule has 3 atom stereocenters. The Kier molecular flexibility index (Phi) is 5.24. The Morgan fingerprint density at radius 1 is 1.10 bits per heavy atom. The van der Waals surface area contributed by atoms with Gasteiger partial charge in [0, 0.05) is 42.8 Å². The predicted octanol–water partition coefficient (Wildman–Crippen LogP) is 2.57. The van der Waals surface area contributed by atoms with Crippen LogP contribution in [0.5, 0.6) is 0 Å². The minimum absolute atomic E-state index is 0.0263. The molecule has 0 saturated carbocycles. The maximum Gasteiger partial charge on any atom is 0.258 e. The van der Waals surface area contributed by atoms with Crippen LogP contribution in [-0.2, 0) is 9.53 Å². The number of benzene rings is 2. The lowest BCUT2D eigenvalue weighted by atomic mass is 9.71. The van der Waals surface area contributed by atoms with Gasteiger partial charge in [0.2, 0.25) is 5.91 Å². The van der Waals surface area contributed by atoms with E-state index in [1.165, 1.54) is 18.2 Å². The smallest absolute Gasteiger partial charge is 0.258 e. The summed E-state index contributed by atoms with van der Waals surface area (Å²) in [5, 5.41) is 10.1. The number of aliphatic hydroxyl groups is 1. The van der Waals surface area contributed by atoms with Gasteiger partial charge in [0.25, 0.3) is 5.91 Å². The highest BCUT2D eigenvalue weighted by atomic mass is 19.1. The van der Waals surface area contributed by atoms with Gasteiger partial charge in [-0.15, -0.1) is 0 Å². The van der Waals surface area contributed by atoms with E-state index in [1.54, 1.807) is 15.9 Å². The van der Waals surface area contributed by atoms with Crippen LogP contribution in [0.25, 0.3) is 0 Å². The van der Waals surface area contributed by atoms with Gasteiger partial charge in [-0.2, -0.15) is 0 Å². The molecule has 7 heteroatoms. The summed E-state index contributed by atoms with van der Waals surface area (Å²) in [5.74, 6) is -0.873. The SMILES string of the molecule is O=C(c1cccc(F)c1)N1C[C@@H]2[C@H](c3ccccc31)[C@@H](CO)N2C(=O)C1CCOCC1. The van der Waals surface area contributed by atoms with Crippen molar-refractivity contribution in [3.63, 3.8) is 0 Å². The van der Waals surface area contributed by atoms with Gasteiger partial charge in [0.1, 0.15) is 5.82 Å². The Labute approximate surface area is 180 Å². The number of anilines is 1. The summed E-state index contributed by atoms with van der Waals surface area (Å²) in [6, 6.07) is 12.8. The monoisotopic (exact) mass is 424 g/mol. The third-order valence-electron chi connectivity index (χ3n) is 6.83. The fourth-order valence-electron chi connectivity index (χ4n) is 5.32. The van der Waals surface area contributed by atoms with Crippen molar-refractivity contribution in [1.82, 2.24) is 4.90 Å². The van der Waals surface area contributed by atoms with E-state index in [0.29, 0.717) is 32.6 Å². The lowest BCUT2D eigenvalue weighted by Gasteiger charge is -2.59. The minimum Gasteiger partial charge on any atom is -0.394 e. The van der Waals surface area contributed by atoms with Gasteiger partial charge < -0.3 is 19.6 Å². The summed E-state index contributed by atoms with van der Waals surface area (Å²) in [6.45, 7) is 1.33. The van der Waals surface area contributed by atoms with Gasteiger partial charge in [0.15, 0.2) is 0 Å². The number of hydrogen-bond acceptors (Lipinski definition) is 4. The largest absolute Gasteiger partial charge is 0.394 e. The molecule has 2 amide bonds. The number of ether oxygens (including phenoxy) is 1. The number of likely N-dealkylation sites (tertiary alicyclic amines) is 1. The quantitative estimate of drug-likeness (QED) is 0.822. The third-order valence-corrected chi connectivity index (χ3v) is 6.83. The molecule has 162 valence electrons. The van der Waals surface area contributed by atoms with Gasteiger partial charge in [-0.3, -0.25) is 9.59 Å². The molecule has 0 aliphatic carbocycles. The standard InChI is InChI=1S/C24H25FN2O4/c25-17-5-3-4-16(12-17)23(29)26-13-20-22(18-6-1-2-7-19(18)26)21(14-28)27(20)24(30)15-8-10-31-11-9-15/h1-7,12,15,20-22,28H,8-11,13-14H2/t20-,21-,22+/m1/s1. The molecule has 0 bridgehead atoms. The Morgan fingerprint density at radius 2 is 1.87 bits per heavy atom. The first-order valence-corrected chi connectivity index (χ1v) is 10.8. The molecule has 3 heterocycles. The second-order valence-corrected chi connectivity index (χ2v) is 8.46. The lowest BCUT2D eigenvalue weighted by Crippen LogP contribution is -2.71. The van der Waals surface area contributed by atoms with Gasteiger partial charge in [-0.05, 0) is 42.7 Å². The van der Waals surface area contributed by atoms with Crippen LogP contribution >= 0.6 is 0 Å². The molecule has 2 saturated heterocycles. The van der Waals surface area contributed by atoms with Crippen molar-refractivity contribution in [2.45, 2.75) is 30.8 Å². The maximum absolute atomic E-state index is 13.7. The zero-order valence-corrected chi connectivity index (χ0v) is 17.1. The normalized spacial score (nSPS) is 25.4. The third kappa shape index (κ3) is 3.32. The maximum atomic E-state index is 13.7. The second-order valence-electron chi connectivity index (χ2n) is 8.46. The fraction of sp³-hybridized carbons (Fsp3) is 0.417. The number of amides is 2. The number of fused-ring (bicyclic) bond motifs is 3. The number of aliphatic hydroxyl groups excluding tert-OH is 1. The lowest BCUT2D eigenvalue weighted by molar-refractivity contribution is -0.157. The average Bonchev–Trinajstić information content (AvgIpc) is 2.79. The van der Waals surface area contributed by atoms with Crippen LogP contribution < -0.4 is 4.90 Å². The molecule has 31 heavy (non-hydrogen) atoms. The van der Waals surface area contributed by atoms with Gasteiger partial charge in [-0.1, -0.05) is 24.3 Å². The van der Waals surface area contributed by atoms with E-state index in [9.17, 15) is 19.1 Å². The van der Waals surface area contributed by atoms with Crippen LogP contribution in [0.1, 0.15) is 34.7 Å². The molecular formula is C24H25FN2O4. The van der Waals surface area contributed by atoms with Crippen molar-refractivity contribution < 1.29 is 23.8 Å². The van der Waals surface area contributed by atoms with Crippen LogP contribution in [0.4, 0.5) is 10.1 Å². The van der Waals surface area contributed by atoms with Gasteiger partial charge in [0.05, 0.1) is 18.7 Å². The number of carbonyl (C=O) groups excluding carboxylic acids is 2. The molecule has 1 N–H and O–H groups in total. The predicted molar refractivity (Wildman–Crippen MR) is 112 cm³/mol. The summed E-state index contributed by atoms with van der Waals surface area (Å²) in [4.78, 5) is 30.0. The Hall–Kier alpha value is -2.77. The summed E-state index contributed by atoms with van der Waals surface area (Å²) < 4.78 is 19.1. The molecule has 3 aliphatic heterocycles. The first kappa shape index (κ1) is 20.2. The van der Waals surface area contributed by atoms with Crippen LogP contribution in [0, 0.1) is 11.7 Å². The number of halogens is 1. The van der Waals surface area contributed by atoms with Crippen molar-refractivity contribution in [3.8, 4) is 0 Å². The van der Waals surface area contributed by atoms with Gasteiger partial charge in [-0.25, -0.2) is 4.39 Å². The molecule has 2 fully saturated rings. The summed E-state index contributed by atoms with van der Waals surface area (Å²) in [6.07, 6.45) is 1.35. The summed E-state index contributed by atoms with van der Waals surface area (Å²) >= 11 is 0. The Morgan fingerprint density at radius 3 is 2.61 bits per heavy atom. The highest BCUT2D eigenvalue weighted by Crippen LogP contribution is 2.49. The molecule has 0 spiro atoms. The average molecular weight is 424 g/mol. The van der Waals surface area contributed by atoms with E-state index in [2.05, 4.69) is 0 Å². The molecule has 0 unspecified atom stereocenters. The van der Waals surface area contributed by atoms with E-state index in [4.69, 9.17) is 4.74 Å². The molecule has 2 aromatic carbocycles. The number of rotatable bonds is 3. The van der Waals surface area contributed by atoms with Crippen molar-refractivity contribution >= 4 is 17.5 Å². The summed E-state index contributed by atoms with van der Waals surface area (Å²) in [5.41, 5.74) is 1.97. The number of nitrogens with zero attached hydrogens (tertiary/aromatic N) is 2. The van der Waals surface area contributed by atoms with Crippen LogP contribution in [0.15, 0.2) is 48.5 Å². The molecule has 0 radical (unpaired) electrons. The Balaban J connectivity index is 1.49. The zero-order chi connectivity index (χ0) is 21.5. The van der Waals surface area contributed by atoms with E-state index in [1.807, 2.05) is 24.3 Å². The molecule has 5 rings (SSSR count). The Bertz CT molecular complexity index is 1010. The number of hydrogen-bond donors (Lipinski definition) is 1. The molecular weight excluding hydrogens is 399 g/mol. The molecule has 2 aromatic rings. The van der Waals surface area contributed by atoms with E-state index >= 15 is 0 Å². The van der Waals surface area contributed by atoms with Gasteiger partial charge >= 0.3 is 0 Å². The topological polar surface area (TPSA) is 70.1 Å².